The quantitative estimate of drug-likeness (QED) is 0.538. The highest BCUT2D eigenvalue weighted by molar-refractivity contribution is 5.94. The number of ether oxygens (including phenoxy) is 1. The van der Waals surface area contributed by atoms with E-state index in [1.54, 1.807) is 6.20 Å². The maximum absolute atomic E-state index is 5.63. The Morgan fingerprint density at radius 3 is 2.83 bits per heavy atom. The fraction of sp³-hybridized carbons (Fsp3) is 0.320. The molecule has 2 heterocycles. The third kappa shape index (κ3) is 4.77. The van der Waals surface area contributed by atoms with Gasteiger partial charge >= 0.3 is 0 Å². The van der Waals surface area contributed by atoms with Gasteiger partial charge in [-0.05, 0) is 53.8 Å². The van der Waals surface area contributed by atoms with Crippen molar-refractivity contribution in [1.29, 1.82) is 0 Å². The van der Waals surface area contributed by atoms with E-state index in [1.165, 1.54) is 21.9 Å². The maximum atomic E-state index is 5.63. The molecule has 150 valence electrons. The summed E-state index contributed by atoms with van der Waals surface area (Å²) in [7, 11) is 0. The van der Waals surface area contributed by atoms with Gasteiger partial charge in [-0.2, -0.15) is 0 Å². The van der Waals surface area contributed by atoms with Crippen LogP contribution in [0.25, 0.3) is 16.3 Å². The van der Waals surface area contributed by atoms with Crippen LogP contribution in [0, 0.1) is 0 Å². The lowest BCUT2D eigenvalue weighted by Gasteiger charge is -2.27. The number of benzene rings is 2. The molecule has 0 aliphatic carbocycles. The zero-order valence-corrected chi connectivity index (χ0v) is 17.1. The molecular weight excluding hydrogens is 358 g/mol. The molecule has 29 heavy (non-hydrogen) atoms. The lowest BCUT2D eigenvalue weighted by molar-refractivity contribution is 0.300. The molecule has 0 spiro atoms. The van der Waals surface area contributed by atoms with Crippen LogP contribution in [0.4, 0.5) is 5.82 Å². The van der Waals surface area contributed by atoms with Gasteiger partial charge in [0.1, 0.15) is 0 Å². The Morgan fingerprint density at radius 2 is 1.97 bits per heavy atom. The highest BCUT2D eigenvalue weighted by Gasteiger charge is 2.14. The van der Waals surface area contributed by atoms with Gasteiger partial charge in [0, 0.05) is 32.4 Å². The Hall–Kier alpha value is -2.85. The second kappa shape index (κ2) is 9.57. The second-order valence-corrected chi connectivity index (χ2v) is 7.37. The molecule has 4 rings (SSSR count). The first-order valence-electron chi connectivity index (χ1n) is 10.6. The van der Waals surface area contributed by atoms with E-state index in [0.717, 1.165) is 50.6 Å². The van der Waals surface area contributed by atoms with Gasteiger partial charge in [-0.15, -0.1) is 0 Å². The molecule has 0 unspecified atom stereocenters. The van der Waals surface area contributed by atoms with Crippen molar-refractivity contribution in [2.24, 2.45) is 0 Å². The number of rotatable bonds is 8. The molecule has 0 saturated heterocycles. The Kier molecular flexibility index (Phi) is 6.42. The first-order valence-corrected chi connectivity index (χ1v) is 10.6. The van der Waals surface area contributed by atoms with Gasteiger partial charge in [0.15, 0.2) is 11.6 Å². The zero-order valence-electron chi connectivity index (χ0n) is 17.1. The minimum absolute atomic E-state index is 0.652. The molecule has 1 N–H and O–H groups in total. The normalized spacial score (nSPS) is 14.6. The highest BCUT2D eigenvalue weighted by Crippen LogP contribution is 2.29. The number of fused-ring (bicyclic) bond motifs is 1. The Balaban J connectivity index is 1.29. The third-order valence-corrected chi connectivity index (χ3v) is 5.44. The maximum Gasteiger partial charge on any atom is 0.168 e. The van der Waals surface area contributed by atoms with Crippen molar-refractivity contribution in [3.05, 3.63) is 72.4 Å². The van der Waals surface area contributed by atoms with Gasteiger partial charge < -0.3 is 10.1 Å². The predicted octanol–water partition coefficient (Wildman–Crippen LogP) is 5.22. The van der Waals surface area contributed by atoms with Crippen LogP contribution < -0.4 is 10.1 Å². The molecule has 1 aliphatic heterocycles. The minimum atomic E-state index is 0.652. The number of nitrogens with one attached hydrogen (secondary N) is 1. The van der Waals surface area contributed by atoms with Crippen LogP contribution in [0.1, 0.15) is 25.3 Å². The molecule has 0 bridgehead atoms. The Labute approximate surface area is 173 Å². The average Bonchev–Trinajstić information content (AvgIpc) is 2.78. The monoisotopic (exact) mass is 387 g/mol. The van der Waals surface area contributed by atoms with Crippen LogP contribution in [-0.4, -0.2) is 42.7 Å². The van der Waals surface area contributed by atoms with E-state index >= 15 is 0 Å². The molecule has 0 amide bonds. The molecule has 0 radical (unpaired) electrons. The first kappa shape index (κ1) is 19.5. The summed E-state index contributed by atoms with van der Waals surface area (Å²) in [6, 6.07) is 19.2. The van der Waals surface area contributed by atoms with Crippen molar-refractivity contribution in [1.82, 2.24) is 9.88 Å². The van der Waals surface area contributed by atoms with Gasteiger partial charge in [0.2, 0.25) is 0 Å². The molecule has 1 aliphatic rings. The van der Waals surface area contributed by atoms with Crippen molar-refractivity contribution in [3.8, 4) is 5.75 Å². The van der Waals surface area contributed by atoms with Crippen molar-refractivity contribution < 1.29 is 4.74 Å². The van der Waals surface area contributed by atoms with Crippen molar-refractivity contribution >= 4 is 22.2 Å². The van der Waals surface area contributed by atoms with E-state index in [2.05, 4.69) is 63.7 Å². The smallest absolute Gasteiger partial charge is 0.168 e. The Morgan fingerprint density at radius 1 is 1.07 bits per heavy atom. The number of nitrogens with zero attached hydrogens (tertiary/aromatic N) is 2. The molecule has 4 nitrogen and oxygen atoms in total. The number of hydrogen-bond donors (Lipinski definition) is 1. The summed E-state index contributed by atoms with van der Waals surface area (Å²) >= 11 is 0. The average molecular weight is 388 g/mol. The highest BCUT2D eigenvalue weighted by atomic mass is 16.5. The number of pyridine rings is 1. The topological polar surface area (TPSA) is 37.4 Å². The molecule has 0 saturated carbocycles. The molecule has 0 atom stereocenters. The van der Waals surface area contributed by atoms with Crippen LogP contribution in [0.15, 0.2) is 66.9 Å². The van der Waals surface area contributed by atoms with Gasteiger partial charge in [-0.1, -0.05) is 48.5 Å². The molecule has 3 aromatic rings. The summed E-state index contributed by atoms with van der Waals surface area (Å²) in [5.41, 5.74) is 2.87. The molecule has 1 aromatic heterocycles. The number of aromatic nitrogens is 1. The van der Waals surface area contributed by atoms with Gasteiger partial charge in [-0.25, -0.2) is 4.98 Å². The minimum Gasteiger partial charge on any atom is -0.490 e. The number of anilines is 1. The van der Waals surface area contributed by atoms with E-state index in [9.17, 15) is 0 Å². The standard InChI is InChI=1S/C25H29N3O/c1-2-29-24-12-6-15-26-25(24)27-16-7-17-28-18-13-21(14-19-28)23-11-5-9-20-8-3-4-10-22(20)23/h3-6,8-13,15H,2,7,14,16-19H2,1H3,(H,26,27). The summed E-state index contributed by atoms with van der Waals surface area (Å²) < 4.78 is 5.63. The molecule has 4 heteroatoms. The van der Waals surface area contributed by atoms with Crippen molar-refractivity contribution in [2.45, 2.75) is 19.8 Å². The van der Waals surface area contributed by atoms with Crippen LogP contribution in [0.5, 0.6) is 5.75 Å². The summed E-state index contributed by atoms with van der Waals surface area (Å²) in [6.45, 7) is 6.76. The lowest BCUT2D eigenvalue weighted by Crippen LogP contribution is -2.30. The van der Waals surface area contributed by atoms with Crippen molar-refractivity contribution in [2.75, 3.05) is 38.1 Å². The van der Waals surface area contributed by atoms with E-state index in [-0.39, 0.29) is 0 Å². The third-order valence-electron chi connectivity index (χ3n) is 5.44. The molecular formula is C25H29N3O. The fourth-order valence-corrected chi connectivity index (χ4v) is 3.97. The lowest BCUT2D eigenvalue weighted by atomic mass is 9.94. The number of hydrogen-bond acceptors (Lipinski definition) is 4. The largest absolute Gasteiger partial charge is 0.490 e. The van der Waals surface area contributed by atoms with Crippen LogP contribution in [-0.2, 0) is 0 Å². The summed E-state index contributed by atoms with van der Waals surface area (Å²) in [5.74, 6) is 1.67. The first-order chi connectivity index (χ1) is 14.3. The predicted molar refractivity (Wildman–Crippen MR) is 121 cm³/mol. The summed E-state index contributed by atoms with van der Waals surface area (Å²) in [5, 5.41) is 6.09. The van der Waals surface area contributed by atoms with E-state index in [0.29, 0.717) is 6.61 Å². The van der Waals surface area contributed by atoms with Crippen molar-refractivity contribution in [3.63, 3.8) is 0 Å². The van der Waals surface area contributed by atoms with Gasteiger partial charge in [-0.3, -0.25) is 4.90 Å². The Bertz CT molecular complexity index is 977. The van der Waals surface area contributed by atoms with Crippen LogP contribution in [0.2, 0.25) is 0 Å². The summed E-state index contributed by atoms with van der Waals surface area (Å²) in [6.07, 6.45) is 6.40. The van der Waals surface area contributed by atoms with E-state index in [1.807, 2.05) is 19.1 Å². The fourth-order valence-electron chi connectivity index (χ4n) is 3.97. The van der Waals surface area contributed by atoms with Crippen LogP contribution in [0.3, 0.4) is 0 Å². The van der Waals surface area contributed by atoms with E-state index < -0.39 is 0 Å². The summed E-state index contributed by atoms with van der Waals surface area (Å²) in [4.78, 5) is 6.92. The van der Waals surface area contributed by atoms with Gasteiger partial charge in [0.25, 0.3) is 0 Å². The van der Waals surface area contributed by atoms with E-state index in [4.69, 9.17) is 4.74 Å². The van der Waals surface area contributed by atoms with Crippen LogP contribution >= 0.6 is 0 Å². The molecule has 2 aromatic carbocycles. The van der Waals surface area contributed by atoms with Gasteiger partial charge in [0.05, 0.1) is 6.61 Å². The SMILES string of the molecule is CCOc1cccnc1NCCCN1CC=C(c2cccc3ccccc23)CC1. The zero-order chi connectivity index (χ0) is 19.9. The second-order valence-electron chi connectivity index (χ2n) is 7.37. The molecule has 0 fully saturated rings.